The maximum atomic E-state index is 11.1. The van der Waals surface area contributed by atoms with Gasteiger partial charge in [0, 0.05) is 7.11 Å². The summed E-state index contributed by atoms with van der Waals surface area (Å²) < 4.78 is 14.9. The quantitative estimate of drug-likeness (QED) is 0.474. The summed E-state index contributed by atoms with van der Waals surface area (Å²) in [5.74, 6) is -0.382. The van der Waals surface area contributed by atoms with E-state index in [9.17, 15) is 4.79 Å². The lowest BCUT2D eigenvalue weighted by Crippen LogP contribution is -2.58. The molecule has 0 saturated carbocycles. The largest absolute Gasteiger partial charge is 0.467 e. The average molecular weight is 186 g/mol. The number of ether oxygens (including phenoxy) is 3. The fourth-order valence-electron chi connectivity index (χ4n) is 1.38. The molecule has 3 atom stereocenters. The number of hydrogen-bond donors (Lipinski definition) is 0. The van der Waals surface area contributed by atoms with Gasteiger partial charge in [0.1, 0.15) is 6.10 Å². The summed E-state index contributed by atoms with van der Waals surface area (Å²) in [6.07, 6.45) is 1.59. The van der Waals surface area contributed by atoms with Crippen LogP contribution in [0.25, 0.3) is 0 Å². The summed E-state index contributed by atoms with van der Waals surface area (Å²) in [4.78, 5) is 11.1. The monoisotopic (exact) mass is 186 g/mol. The maximum Gasteiger partial charge on any atom is 0.337 e. The van der Waals surface area contributed by atoms with E-state index in [1.165, 1.54) is 7.11 Å². The Balaban J connectivity index is 2.46. The van der Waals surface area contributed by atoms with Crippen molar-refractivity contribution in [1.82, 2.24) is 0 Å². The van der Waals surface area contributed by atoms with E-state index in [1.54, 1.807) is 13.2 Å². The minimum absolute atomic E-state index is 0.0633. The Labute approximate surface area is 77.5 Å². The molecule has 1 aliphatic heterocycles. The summed E-state index contributed by atoms with van der Waals surface area (Å²) in [5.41, 5.74) is 0. The number of esters is 1. The number of methoxy groups -OCH3 is 2. The van der Waals surface area contributed by atoms with Gasteiger partial charge in [-0.3, -0.25) is 0 Å². The normalized spacial score (nSPS) is 32.0. The van der Waals surface area contributed by atoms with Crippen molar-refractivity contribution < 1.29 is 19.0 Å². The van der Waals surface area contributed by atoms with Crippen molar-refractivity contribution in [3.63, 3.8) is 0 Å². The van der Waals surface area contributed by atoms with Gasteiger partial charge in [0.05, 0.1) is 13.2 Å². The lowest BCUT2D eigenvalue weighted by Gasteiger charge is -2.41. The van der Waals surface area contributed by atoms with E-state index < -0.39 is 6.10 Å². The third-order valence-corrected chi connectivity index (χ3v) is 2.09. The molecular formula is C9H14O4. The van der Waals surface area contributed by atoms with E-state index in [4.69, 9.17) is 9.47 Å². The van der Waals surface area contributed by atoms with Crippen molar-refractivity contribution >= 4 is 5.97 Å². The Morgan fingerprint density at radius 1 is 1.62 bits per heavy atom. The second-order valence-electron chi connectivity index (χ2n) is 2.84. The molecule has 0 aromatic rings. The highest BCUT2D eigenvalue weighted by molar-refractivity contribution is 5.76. The number of hydrogen-bond acceptors (Lipinski definition) is 4. The Morgan fingerprint density at radius 2 is 2.31 bits per heavy atom. The maximum absolute atomic E-state index is 11.1. The molecule has 1 rings (SSSR count). The Morgan fingerprint density at radius 3 is 2.77 bits per heavy atom. The van der Waals surface area contributed by atoms with Gasteiger partial charge in [-0.2, -0.15) is 0 Å². The Hall–Kier alpha value is -0.870. The molecule has 0 aromatic heterocycles. The van der Waals surface area contributed by atoms with Crippen LogP contribution in [-0.4, -0.2) is 38.5 Å². The van der Waals surface area contributed by atoms with Crippen LogP contribution in [0.15, 0.2) is 12.7 Å². The molecule has 4 heteroatoms. The molecule has 13 heavy (non-hydrogen) atoms. The molecular weight excluding hydrogens is 172 g/mol. The van der Waals surface area contributed by atoms with E-state index in [-0.39, 0.29) is 18.2 Å². The van der Waals surface area contributed by atoms with Crippen LogP contribution in [0.2, 0.25) is 0 Å². The summed E-state index contributed by atoms with van der Waals surface area (Å²) in [6.45, 7) is 3.59. The first-order chi connectivity index (χ1) is 6.24. The Bertz CT molecular complexity index is 202. The highest BCUT2D eigenvalue weighted by atomic mass is 16.6. The summed E-state index contributed by atoms with van der Waals surface area (Å²) in [6, 6.07) is 0. The molecule has 1 aliphatic rings. The first-order valence-electron chi connectivity index (χ1n) is 4.11. The lowest BCUT2D eigenvalue weighted by atomic mass is 9.98. The fourth-order valence-corrected chi connectivity index (χ4v) is 1.38. The van der Waals surface area contributed by atoms with E-state index >= 15 is 0 Å². The second-order valence-corrected chi connectivity index (χ2v) is 2.84. The molecule has 0 radical (unpaired) electrons. The molecule has 0 amide bonds. The number of carbonyl (C=O) groups is 1. The molecule has 3 unspecified atom stereocenters. The summed E-state index contributed by atoms with van der Waals surface area (Å²) in [7, 11) is 2.89. The zero-order chi connectivity index (χ0) is 9.84. The van der Waals surface area contributed by atoms with E-state index in [1.807, 2.05) is 0 Å². The van der Waals surface area contributed by atoms with Gasteiger partial charge in [-0.1, -0.05) is 6.08 Å². The van der Waals surface area contributed by atoms with Crippen LogP contribution < -0.4 is 0 Å². The van der Waals surface area contributed by atoms with E-state index in [2.05, 4.69) is 11.3 Å². The molecule has 0 spiro atoms. The minimum Gasteiger partial charge on any atom is -0.467 e. The molecule has 0 N–H and O–H groups in total. The lowest BCUT2D eigenvalue weighted by molar-refractivity contribution is -0.238. The van der Waals surface area contributed by atoms with Gasteiger partial charge in [0.2, 0.25) is 0 Å². The van der Waals surface area contributed by atoms with Crippen molar-refractivity contribution in [2.45, 2.75) is 24.7 Å². The molecule has 0 aliphatic carbocycles. The van der Waals surface area contributed by atoms with Crippen molar-refractivity contribution in [3.8, 4) is 0 Å². The predicted molar refractivity (Wildman–Crippen MR) is 46.3 cm³/mol. The molecule has 0 bridgehead atoms. The van der Waals surface area contributed by atoms with Crippen molar-refractivity contribution in [2.24, 2.45) is 0 Å². The number of rotatable bonds is 4. The second kappa shape index (κ2) is 4.39. The van der Waals surface area contributed by atoms with Gasteiger partial charge in [-0.15, -0.1) is 6.58 Å². The van der Waals surface area contributed by atoms with Crippen LogP contribution in [0.3, 0.4) is 0 Å². The van der Waals surface area contributed by atoms with Gasteiger partial charge in [-0.05, 0) is 6.42 Å². The predicted octanol–water partition coefficient (Wildman–Crippen LogP) is 0.518. The topological polar surface area (TPSA) is 44.8 Å². The first kappa shape index (κ1) is 10.2. The van der Waals surface area contributed by atoms with Gasteiger partial charge in [0.25, 0.3) is 0 Å². The average Bonchev–Trinajstić information content (AvgIpc) is 2.11. The third-order valence-electron chi connectivity index (χ3n) is 2.09. The molecule has 4 nitrogen and oxygen atoms in total. The van der Waals surface area contributed by atoms with Crippen LogP contribution in [0, 0.1) is 0 Å². The molecule has 1 fully saturated rings. The molecule has 74 valence electrons. The fraction of sp³-hybridized carbons (Fsp3) is 0.667. The highest BCUT2D eigenvalue weighted by Crippen LogP contribution is 2.27. The third kappa shape index (κ3) is 1.89. The van der Waals surface area contributed by atoms with Gasteiger partial charge >= 0.3 is 5.97 Å². The Kier molecular flexibility index (Phi) is 3.45. The van der Waals surface area contributed by atoms with Crippen molar-refractivity contribution in [2.75, 3.05) is 14.2 Å². The zero-order valence-corrected chi connectivity index (χ0v) is 7.86. The standard InChI is InChI=1S/C9H14O4/c1-4-5-6-7(11-2)8(13-6)9(10)12-3/h4,6-8H,1,5H2,2-3H3. The van der Waals surface area contributed by atoms with Crippen molar-refractivity contribution in [3.05, 3.63) is 12.7 Å². The summed E-state index contributed by atoms with van der Waals surface area (Å²) >= 11 is 0. The van der Waals surface area contributed by atoms with Crippen LogP contribution in [-0.2, 0) is 19.0 Å². The minimum atomic E-state index is -0.569. The highest BCUT2D eigenvalue weighted by Gasteiger charge is 2.47. The molecule has 1 saturated heterocycles. The van der Waals surface area contributed by atoms with Crippen LogP contribution >= 0.6 is 0 Å². The summed E-state index contributed by atoms with van der Waals surface area (Å²) in [5, 5.41) is 0. The van der Waals surface area contributed by atoms with Gasteiger partial charge in [0.15, 0.2) is 6.10 Å². The van der Waals surface area contributed by atoms with Gasteiger partial charge < -0.3 is 14.2 Å². The first-order valence-corrected chi connectivity index (χ1v) is 4.11. The van der Waals surface area contributed by atoms with Crippen LogP contribution in [0.1, 0.15) is 6.42 Å². The molecule has 0 aromatic carbocycles. The SMILES string of the molecule is C=CCC1OC(C(=O)OC)C1OC. The smallest absolute Gasteiger partial charge is 0.337 e. The van der Waals surface area contributed by atoms with E-state index in [0.29, 0.717) is 6.42 Å². The van der Waals surface area contributed by atoms with E-state index in [0.717, 1.165) is 0 Å². The number of carbonyl (C=O) groups excluding carboxylic acids is 1. The van der Waals surface area contributed by atoms with Crippen molar-refractivity contribution in [1.29, 1.82) is 0 Å². The van der Waals surface area contributed by atoms with Gasteiger partial charge in [-0.25, -0.2) is 4.79 Å². The molecule has 1 heterocycles. The van der Waals surface area contributed by atoms with Crippen LogP contribution in [0.5, 0.6) is 0 Å². The van der Waals surface area contributed by atoms with Crippen LogP contribution in [0.4, 0.5) is 0 Å². The zero-order valence-electron chi connectivity index (χ0n) is 7.86.